The first kappa shape index (κ1) is 19.4. The summed E-state index contributed by atoms with van der Waals surface area (Å²) in [4.78, 5) is 41.5. The van der Waals surface area contributed by atoms with Crippen LogP contribution in [0, 0.1) is 0 Å². The topological polar surface area (TPSA) is 86.0 Å². The number of aromatic nitrogens is 2. The lowest BCUT2D eigenvalue weighted by Crippen LogP contribution is -2.51. The summed E-state index contributed by atoms with van der Waals surface area (Å²) < 4.78 is 5.19. The second-order valence-electron chi connectivity index (χ2n) is 7.28. The van der Waals surface area contributed by atoms with Crippen LogP contribution in [0.15, 0.2) is 41.3 Å². The van der Waals surface area contributed by atoms with Gasteiger partial charge < -0.3 is 19.1 Å². The van der Waals surface area contributed by atoms with Crippen molar-refractivity contribution in [1.82, 2.24) is 24.7 Å². The van der Waals surface area contributed by atoms with Crippen LogP contribution in [0.4, 0.5) is 5.95 Å². The van der Waals surface area contributed by atoms with Crippen molar-refractivity contribution in [3.8, 4) is 0 Å². The standard InChI is InChI=1S/C20H26N6O3/c27-18(24-12-14-26(15-13-24)20-21-5-2-6-22-20)4-7-23-8-10-25(11-9-23)19(28)17-3-1-16-29-17/h1-3,5-6,16H,4,7-15H2. The molecule has 9 heteroatoms. The van der Waals surface area contributed by atoms with Gasteiger partial charge in [0.25, 0.3) is 5.91 Å². The van der Waals surface area contributed by atoms with E-state index in [0.717, 1.165) is 38.7 Å². The zero-order chi connectivity index (χ0) is 20.1. The highest BCUT2D eigenvalue weighted by Gasteiger charge is 2.26. The smallest absolute Gasteiger partial charge is 0.289 e. The number of rotatable bonds is 5. The summed E-state index contributed by atoms with van der Waals surface area (Å²) in [5.41, 5.74) is 0. The Morgan fingerprint density at radius 1 is 0.897 bits per heavy atom. The van der Waals surface area contributed by atoms with E-state index in [1.807, 2.05) is 9.80 Å². The van der Waals surface area contributed by atoms with Gasteiger partial charge in [0.2, 0.25) is 11.9 Å². The van der Waals surface area contributed by atoms with Crippen LogP contribution >= 0.6 is 0 Å². The first-order chi connectivity index (χ1) is 14.2. The molecule has 0 bridgehead atoms. The number of anilines is 1. The molecule has 2 fully saturated rings. The summed E-state index contributed by atoms with van der Waals surface area (Å²) in [5, 5.41) is 0. The second kappa shape index (κ2) is 9.04. The van der Waals surface area contributed by atoms with Crippen molar-refractivity contribution < 1.29 is 14.0 Å². The minimum atomic E-state index is -0.0639. The summed E-state index contributed by atoms with van der Waals surface area (Å²) in [5.74, 6) is 1.23. The monoisotopic (exact) mass is 398 g/mol. The third kappa shape index (κ3) is 4.73. The zero-order valence-electron chi connectivity index (χ0n) is 16.4. The molecule has 4 heterocycles. The van der Waals surface area contributed by atoms with Gasteiger partial charge in [-0.25, -0.2) is 9.97 Å². The van der Waals surface area contributed by atoms with Crippen LogP contribution in [-0.2, 0) is 4.79 Å². The lowest BCUT2D eigenvalue weighted by atomic mass is 10.2. The highest BCUT2D eigenvalue weighted by Crippen LogP contribution is 2.12. The molecular formula is C20H26N6O3. The van der Waals surface area contributed by atoms with Gasteiger partial charge >= 0.3 is 0 Å². The van der Waals surface area contributed by atoms with Gasteiger partial charge in [0.1, 0.15) is 0 Å². The minimum absolute atomic E-state index is 0.0639. The molecule has 0 spiro atoms. The van der Waals surface area contributed by atoms with Gasteiger partial charge in [0.15, 0.2) is 5.76 Å². The largest absolute Gasteiger partial charge is 0.459 e. The SMILES string of the molecule is O=C(CCN1CCN(C(=O)c2ccco2)CC1)N1CCN(c2ncccn2)CC1. The molecule has 2 aliphatic rings. The average molecular weight is 398 g/mol. The lowest BCUT2D eigenvalue weighted by Gasteiger charge is -2.36. The fraction of sp³-hybridized carbons (Fsp3) is 0.500. The minimum Gasteiger partial charge on any atom is -0.459 e. The number of hydrogen-bond acceptors (Lipinski definition) is 7. The molecule has 2 saturated heterocycles. The summed E-state index contributed by atoms with van der Waals surface area (Å²) in [6.45, 7) is 6.49. The van der Waals surface area contributed by atoms with Crippen LogP contribution in [0.2, 0.25) is 0 Å². The zero-order valence-corrected chi connectivity index (χ0v) is 16.4. The van der Waals surface area contributed by atoms with Crippen LogP contribution in [0.25, 0.3) is 0 Å². The van der Waals surface area contributed by atoms with E-state index < -0.39 is 0 Å². The quantitative estimate of drug-likeness (QED) is 0.728. The maximum absolute atomic E-state index is 12.6. The number of furan rings is 1. The number of carbonyl (C=O) groups is 2. The molecule has 0 atom stereocenters. The number of hydrogen-bond donors (Lipinski definition) is 0. The predicted octanol–water partition coefficient (Wildman–Crippen LogP) is 0.566. The van der Waals surface area contributed by atoms with Crippen molar-refractivity contribution in [3.05, 3.63) is 42.6 Å². The van der Waals surface area contributed by atoms with Crippen molar-refractivity contribution in [2.45, 2.75) is 6.42 Å². The Balaban J connectivity index is 1.17. The van der Waals surface area contributed by atoms with E-state index in [4.69, 9.17) is 4.42 Å². The van der Waals surface area contributed by atoms with Crippen LogP contribution in [-0.4, -0.2) is 95.4 Å². The van der Waals surface area contributed by atoms with E-state index in [2.05, 4.69) is 19.8 Å². The molecule has 29 heavy (non-hydrogen) atoms. The molecule has 154 valence electrons. The molecule has 9 nitrogen and oxygen atoms in total. The molecule has 2 aromatic heterocycles. The van der Waals surface area contributed by atoms with Crippen molar-refractivity contribution in [2.24, 2.45) is 0 Å². The number of amides is 2. The molecule has 0 N–H and O–H groups in total. The predicted molar refractivity (Wildman–Crippen MR) is 106 cm³/mol. The van der Waals surface area contributed by atoms with Crippen LogP contribution in [0.3, 0.4) is 0 Å². The Bertz CT molecular complexity index is 797. The summed E-state index contributed by atoms with van der Waals surface area (Å²) in [7, 11) is 0. The Morgan fingerprint density at radius 3 is 2.24 bits per heavy atom. The third-order valence-electron chi connectivity index (χ3n) is 5.50. The Hall–Kier alpha value is -2.94. The van der Waals surface area contributed by atoms with E-state index in [9.17, 15) is 9.59 Å². The third-order valence-corrected chi connectivity index (χ3v) is 5.50. The molecule has 2 aliphatic heterocycles. The maximum atomic E-state index is 12.6. The van der Waals surface area contributed by atoms with Crippen LogP contribution in [0.1, 0.15) is 17.0 Å². The number of nitrogens with zero attached hydrogens (tertiary/aromatic N) is 6. The van der Waals surface area contributed by atoms with E-state index >= 15 is 0 Å². The molecule has 0 aromatic carbocycles. The van der Waals surface area contributed by atoms with E-state index in [0.29, 0.717) is 38.4 Å². The first-order valence-electron chi connectivity index (χ1n) is 10.1. The van der Waals surface area contributed by atoms with Gasteiger partial charge in [-0.2, -0.15) is 0 Å². The van der Waals surface area contributed by atoms with Gasteiger partial charge in [-0.3, -0.25) is 14.5 Å². The molecule has 2 aromatic rings. The van der Waals surface area contributed by atoms with Gasteiger partial charge in [-0.1, -0.05) is 0 Å². The molecule has 0 saturated carbocycles. The molecule has 2 amide bonds. The summed E-state index contributed by atoms with van der Waals surface area (Å²) in [6, 6.07) is 5.22. The second-order valence-corrected chi connectivity index (χ2v) is 7.28. The number of piperazine rings is 2. The van der Waals surface area contributed by atoms with E-state index in [1.54, 1.807) is 30.6 Å². The van der Waals surface area contributed by atoms with Crippen molar-refractivity contribution >= 4 is 17.8 Å². The van der Waals surface area contributed by atoms with E-state index in [1.165, 1.54) is 6.26 Å². The van der Waals surface area contributed by atoms with Crippen molar-refractivity contribution in [2.75, 3.05) is 63.8 Å². The normalized spacial score (nSPS) is 18.1. The Kier molecular flexibility index (Phi) is 6.04. The molecule has 0 radical (unpaired) electrons. The summed E-state index contributed by atoms with van der Waals surface area (Å²) in [6.07, 6.45) is 5.50. The van der Waals surface area contributed by atoms with Crippen molar-refractivity contribution in [1.29, 1.82) is 0 Å². The van der Waals surface area contributed by atoms with E-state index in [-0.39, 0.29) is 11.8 Å². The fourth-order valence-electron chi connectivity index (χ4n) is 3.75. The first-order valence-corrected chi connectivity index (χ1v) is 10.1. The molecule has 0 unspecified atom stereocenters. The lowest BCUT2D eigenvalue weighted by molar-refractivity contribution is -0.131. The average Bonchev–Trinajstić information content (AvgIpc) is 3.33. The van der Waals surface area contributed by atoms with Gasteiger partial charge in [0.05, 0.1) is 6.26 Å². The Morgan fingerprint density at radius 2 is 1.59 bits per heavy atom. The van der Waals surface area contributed by atoms with Crippen LogP contribution in [0.5, 0.6) is 0 Å². The maximum Gasteiger partial charge on any atom is 0.289 e. The fourth-order valence-corrected chi connectivity index (χ4v) is 3.75. The molecule has 0 aliphatic carbocycles. The molecule has 4 rings (SSSR count). The molecular weight excluding hydrogens is 372 g/mol. The Labute approximate surface area is 169 Å². The van der Waals surface area contributed by atoms with Gasteiger partial charge in [0, 0.05) is 77.7 Å². The summed E-state index contributed by atoms with van der Waals surface area (Å²) >= 11 is 0. The van der Waals surface area contributed by atoms with Crippen LogP contribution < -0.4 is 4.90 Å². The highest BCUT2D eigenvalue weighted by atomic mass is 16.3. The van der Waals surface area contributed by atoms with Crippen molar-refractivity contribution in [3.63, 3.8) is 0 Å². The number of carbonyl (C=O) groups excluding carboxylic acids is 2. The van der Waals surface area contributed by atoms with Gasteiger partial charge in [-0.15, -0.1) is 0 Å². The van der Waals surface area contributed by atoms with Gasteiger partial charge in [-0.05, 0) is 18.2 Å². The highest BCUT2D eigenvalue weighted by molar-refractivity contribution is 5.91.